The topological polar surface area (TPSA) is 55.4 Å². The summed E-state index contributed by atoms with van der Waals surface area (Å²) in [6, 6.07) is 2.58. The average molecular weight is 391 g/mol. The molecule has 1 amide bonds. The highest BCUT2D eigenvalue weighted by Gasteiger charge is 2.51. The van der Waals surface area contributed by atoms with Crippen LogP contribution in [0.2, 0.25) is 0 Å². The van der Waals surface area contributed by atoms with Crippen LogP contribution in [-0.4, -0.2) is 18.5 Å². The van der Waals surface area contributed by atoms with Crippen molar-refractivity contribution in [1.82, 2.24) is 5.32 Å². The largest absolute Gasteiger partial charge is 0.456 e. The molecular formula is C22H27F2NO3. The van der Waals surface area contributed by atoms with Gasteiger partial charge in [-0.2, -0.15) is 0 Å². The molecule has 28 heavy (non-hydrogen) atoms. The first kappa shape index (κ1) is 19.3. The minimum absolute atomic E-state index is 0.0762. The molecule has 1 atom stereocenters. The predicted octanol–water partition coefficient (Wildman–Crippen LogP) is 4.29. The highest BCUT2D eigenvalue weighted by atomic mass is 19.1. The standard InChI is InChI=1S/C22H27F2NO3/c1-13(18-3-2-17(23)7-19(18)24)25-20(26)12-28-21(27)11-22-8-14-4-15(9-22)6-16(5-14)10-22/h2-3,7,13-16H,4-6,8-12H2,1H3,(H,25,26)/t13-,14?,15?,16?,22?/m1/s1. The van der Waals surface area contributed by atoms with Gasteiger partial charge < -0.3 is 10.1 Å². The van der Waals surface area contributed by atoms with Crippen molar-refractivity contribution in [2.45, 2.75) is 57.9 Å². The van der Waals surface area contributed by atoms with E-state index in [-0.39, 0.29) is 23.6 Å². The fourth-order valence-corrected chi connectivity index (χ4v) is 6.22. The monoisotopic (exact) mass is 391 g/mol. The number of halogens is 2. The molecule has 0 unspecified atom stereocenters. The molecule has 4 bridgehead atoms. The quantitative estimate of drug-likeness (QED) is 0.736. The number of esters is 1. The van der Waals surface area contributed by atoms with Crippen LogP contribution in [0.5, 0.6) is 0 Å². The van der Waals surface area contributed by atoms with Gasteiger partial charge in [0.1, 0.15) is 11.6 Å². The van der Waals surface area contributed by atoms with Crippen LogP contribution in [0.3, 0.4) is 0 Å². The first-order chi connectivity index (χ1) is 13.3. The summed E-state index contributed by atoms with van der Waals surface area (Å²) in [6.07, 6.45) is 7.67. The van der Waals surface area contributed by atoms with Gasteiger partial charge in [0.15, 0.2) is 6.61 Å². The second kappa shape index (κ2) is 7.45. The van der Waals surface area contributed by atoms with Crippen LogP contribution in [-0.2, 0) is 14.3 Å². The number of rotatable bonds is 6. The Bertz CT molecular complexity index is 744. The van der Waals surface area contributed by atoms with Crippen LogP contribution in [0.15, 0.2) is 18.2 Å². The van der Waals surface area contributed by atoms with E-state index in [1.165, 1.54) is 25.3 Å². The summed E-state index contributed by atoms with van der Waals surface area (Å²) >= 11 is 0. The fourth-order valence-electron chi connectivity index (χ4n) is 6.22. The highest BCUT2D eigenvalue weighted by Crippen LogP contribution is 2.61. The van der Waals surface area contributed by atoms with E-state index in [1.807, 2.05) is 0 Å². The summed E-state index contributed by atoms with van der Waals surface area (Å²) in [5.41, 5.74) is 0.266. The van der Waals surface area contributed by atoms with Gasteiger partial charge in [0, 0.05) is 11.6 Å². The second-order valence-electron chi connectivity index (χ2n) is 9.21. The Balaban J connectivity index is 1.26. The summed E-state index contributed by atoms with van der Waals surface area (Å²) in [4.78, 5) is 24.5. The van der Waals surface area contributed by atoms with Crippen molar-refractivity contribution in [3.63, 3.8) is 0 Å². The maximum atomic E-state index is 13.8. The van der Waals surface area contributed by atoms with Crippen LogP contribution >= 0.6 is 0 Å². The van der Waals surface area contributed by atoms with E-state index in [9.17, 15) is 18.4 Å². The molecule has 4 aliphatic rings. The van der Waals surface area contributed by atoms with E-state index in [4.69, 9.17) is 4.74 Å². The van der Waals surface area contributed by atoms with Gasteiger partial charge in [-0.3, -0.25) is 9.59 Å². The van der Waals surface area contributed by atoms with E-state index >= 15 is 0 Å². The zero-order chi connectivity index (χ0) is 19.9. The fraction of sp³-hybridized carbons (Fsp3) is 0.636. The van der Waals surface area contributed by atoms with Crippen molar-refractivity contribution in [1.29, 1.82) is 0 Å². The maximum absolute atomic E-state index is 13.8. The van der Waals surface area contributed by atoms with E-state index in [0.717, 1.165) is 49.1 Å². The number of hydrogen-bond acceptors (Lipinski definition) is 3. The molecule has 1 aromatic rings. The van der Waals surface area contributed by atoms with Crippen LogP contribution in [0.1, 0.15) is 63.5 Å². The molecule has 4 nitrogen and oxygen atoms in total. The number of hydrogen-bond donors (Lipinski definition) is 1. The van der Waals surface area contributed by atoms with Gasteiger partial charge in [-0.05, 0) is 74.7 Å². The Hall–Kier alpha value is -1.98. The number of benzene rings is 1. The number of nitrogens with one attached hydrogen (secondary N) is 1. The molecule has 4 fully saturated rings. The van der Waals surface area contributed by atoms with E-state index < -0.39 is 23.6 Å². The summed E-state index contributed by atoms with van der Waals surface area (Å²) in [7, 11) is 0. The molecule has 4 aliphatic carbocycles. The van der Waals surface area contributed by atoms with Gasteiger partial charge in [0.2, 0.25) is 0 Å². The Labute approximate surface area is 164 Å². The van der Waals surface area contributed by atoms with Gasteiger partial charge in [-0.1, -0.05) is 6.07 Å². The van der Waals surface area contributed by atoms with Crippen molar-refractivity contribution in [2.75, 3.05) is 6.61 Å². The van der Waals surface area contributed by atoms with Crippen molar-refractivity contribution >= 4 is 11.9 Å². The van der Waals surface area contributed by atoms with Crippen LogP contribution in [0.4, 0.5) is 8.78 Å². The van der Waals surface area contributed by atoms with Gasteiger partial charge in [-0.25, -0.2) is 8.78 Å². The third-order valence-corrected chi connectivity index (χ3v) is 6.86. The Morgan fingerprint density at radius 2 is 1.75 bits per heavy atom. The number of amides is 1. The molecule has 1 N–H and O–H groups in total. The Morgan fingerprint density at radius 3 is 2.32 bits per heavy atom. The van der Waals surface area contributed by atoms with E-state index in [2.05, 4.69) is 5.32 Å². The molecule has 0 radical (unpaired) electrons. The number of ether oxygens (including phenoxy) is 1. The van der Waals surface area contributed by atoms with Crippen molar-refractivity contribution < 1.29 is 23.1 Å². The van der Waals surface area contributed by atoms with E-state index in [1.54, 1.807) is 6.92 Å². The number of carbonyl (C=O) groups is 2. The summed E-state index contributed by atoms with van der Waals surface area (Å²) in [6.45, 7) is 1.23. The lowest BCUT2D eigenvalue weighted by atomic mass is 9.49. The summed E-state index contributed by atoms with van der Waals surface area (Å²) < 4.78 is 32.0. The first-order valence-electron chi connectivity index (χ1n) is 10.2. The normalized spacial score (nSPS) is 31.5. The molecule has 0 heterocycles. The first-order valence-corrected chi connectivity index (χ1v) is 10.2. The summed E-state index contributed by atoms with van der Waals surface area (Å²) in [5, 5.41) is 2.59. The molecule has 152 valence electrons. The predicted molar refractivity (Wildman–Crippen MR) is 99.1 cm³/mol. The van der Waals surface area contributed by atoms with Crippen molar-refractivity contribution in [2.24, 2.45) is 23.2 Å². The van der Waals surface area contributed by atoms with Crippen molar-refractivity contribution in [3.8, 4) is 0 Å². The lowest BCUT2D eigenvalue weighted by molar-refractivity contribution is -0.155. The van der Waals surface area contributed by atoms with Crippen LogP contribution in [0, 0.1) is 34.8 Å². The summed E-state index contributed by atoms with van der Waals surface area (Å²) in [5.74, 6) is 0.0780. The zero-order valence-corrected chi connectivity index (χ0v) is 16.2. The molecule has 0 aliphatic heterocycles. The van der Waals surface area contributed by atoms with Crippen molar-refractivity contribution in [3.05, 3.63) is 35.4 Å². The molecule has 5 rings (SSSR count). The van der Waals surface area contributed by atoms with Gasteiger partial charge in [0.25, 0.3) is 5.91 Å². The zero-order valence-electron chi connectivity index (χ0n) is 16.2. The maximum Gasteiger partial charge on any atom is 0.306 e. The second-order valence-corrected chi connectivity index (χ2v) is 9.21. The third-order valence-electron chi connectivity index (χ3n) is 6.86. The minimum atomic E-state index is -0.716. The highest BCUT2D eigenvalue weighted by molar-refractivity contribution is 5.81. The Kier molecular flexibility index (Phi) is 5.15. The average Bonchev–Trinajstić information content (AvgIpc) is 2.58. The molecule has 1 aromatic carbocycles. The molecular weight excluding hydrogens is 364 g/mol. The third kappa shape index (κ3) is 4.06. The van der Waals surface area contributed by atoms with Crippen LogP contribution in [0.25, 0.3) is 0 Å². The molecule has 0 saturated heterocycles. The van der Waals surface area contributed by atoms with Gasteiger partial charge in [0.05, 0.1) is 12.5 Å². The Morgan fingerprint density at radius 1 is 1.14 bits per heavy atom. The van der Waals surface area contributed by atoms with E-state index in [0.29, 0.717) is 6.42 Å². The molecule has 0 spiro atoms. The lowest BCUT2D eigenvalue weighted by Crippen LogP contribution is -2.47. The molecule has 4 saturated carbocycles. The van der Waals surface area contributed by atoms with Crippen LogP contribution < -0.4 is 5.32 Å². The lowest BCUT2D eigenvalue weighted by Gasteiger charge is -2.56. The van der Waals surface area contributed by atoms with Gasteiger partial charge in [-0.15, -0.1) is 0 Å². The SMILES string of the molecule is C[C@@H](NC(=O)COC(=O)CC12CC3CC(CC(C3)C1)C2)c1ccc(F)cc1F. The molecule has 0 aromatic heterocycles. The smallest absolute Gasteiger partial charge is 0.306 e. The minimum Gasteiger partial charge on any atom is -0.456 e. The van der Waals surface area contributed by atoms with Gasteiger partial charge >= 0.3 is 5.97 Å². The number of carbonyl (C=O) groups excluding carboxylic acids is 2. The molecule has 6 heteroatoms.